The molecule has 0 aliphatic rings. The number of nitrogens with zero attached hydrogens (tertiary/aromatic N) is 2. The first-order valence-electron chi connectivity index (χ1n) is 5.38. The first kappa shape index (κ1) is 16.2. The number of sulfonamides is 1. The molecule has 0 saturated carbocycles. The maximum absolute atomic E-state index is 12.5. The maximum Gasteiger partial charge on any atom is 0.249 e. The van der Waals surface area contributed by atoms with Crippen molar-refractivity contribution in [1.29, 1.82) is 0 Å². The first-order chi connectivity index (χ1) is 8.95. The van der Waals surface area contributed by atoms with Crippen LogP contribution in [0.25, 0.3) is 0 Å². The Kier molecular flexibility index (Phi) is 6.06. The fraction of sp³-hybridized carbons (Fsp3) is 0.364. The topological polar surface area (TPSA) is 63.4 Å². The van der Waals surface area contributed by atoms with Gasteiger partial charge in [-0.1, -0.05) is 40.5 Å². The standard InChI is InChI=1S/C11H14Cl2N2O3S/c1-9-11(10(2)18-14-9)19(16,17)15(7-3-5-12)8-4-6-13/h3-6H,7-8H2,1-2H3/b5-3+,6-4+. The molecule has 0 bridgehead atoms. The van der Waals surface area contributed by atoms with E-state index in [1.807, 2.05) is 0 Å². The normalized spacial score (nSPS) is 13.1. The Bertz CT molecular complexity index is 545. The molecule has 0 atom stereocenters. The van der Waals surface area contributed by atoms with E-state index in [1.54, 1.807) is 13.8 Å². The third-order valence-electron chi connectivity index (χ3n) is 2.36. The molecule has 5 nitrogen and oxygen atoms in total. The SMILES string of the molecule is Cc1noc(C)c1S(=O)(=O)N(C/C=C/Cl)C/C=C/Cl. The van der Waals surface area contributed by atoms with E-state index in [-0.39, 0.29) is 23.7 Å². The van der Waals surface area contributed by atoms with Crippen molar-refractivity contribution in [3.05, 3.63) is 34.7 Å². The van der Waals surface area contributed by atoms with Crippen LogP contribution in [0.5, 0.6) is 0 Å². The zero-order chi connectivity index (χ0) is 14.5. The predicted octanol–water partition coefficient (Wildman–Crippen LogP) is 2.79. The smallest absolute Gasteiger partial charge is 0.249 e. The van der Waals surface area contributed by atoms with E-state index in [4.69, 9.17) is 27.7 Å². The van der Waals surface area contributed by atoms with Crippen molar-refractivity contribution in [3.63, 3.8) is 0 Å². The molecule has 0 aliphatic heterocycles. The van der Waals surface area contributed by atoms with Gasteiger partial charge < -0.3 is 4.52 Å². The first-order valence-corrected chi connectivity index (χ1v) is 7.70. The average Bonchev–Trinajstić information content (AvgIpc) is 2.69. The summed E-state index contributed by atoms with van der Waals surface area (Å²) in [5.74, 6) is 0.257. The summed E-state index contributed by atoms with van der Waals surface area (Å²) >= 11 is 10.9. The summed E-state index contributed by atoms with van der Waals surface area (Å²) in [6.07, 6.45) is 3.05. The minimum Gasteiger partial charge on any atom is -0.360 e. The second-order valence-corrected chi connectivity index (χ2v) is 6.08. The molecule has 0 spiro atoms. The molecular formula is C11H14Cl2N2O3S. The molecule has 106 valence electrons. The molecule has 1 rings (SSSR count). The number of hydrogen-bond acceptors (Lipinski definition) is 4. The van der Waals surface area contributed by atoms with Gasteiger partial charge in [-0.3, -0.25) is 0 Å². The Balaban J connectivity index is 3.19. The van der Waals surface area contributed by atoms with Crippen molar-refractivity contribution in [2.75, 3.05) is 13.1 Å². The van der Waals surface area contributed by atoms with Gasteiger partial charge in [0.25, 0.3) is 0 Å². The van der Waals surface area contributed by atoms with E-state index in [9.17, 15) is 8.42 Å². The van der Waals surface area contributed by atoms with Crippen LogP contribution in [0.3, 0.4) is 0 Å². The highest BCUT2D eigenvalue weighted by atomic mass is 35.5. The second kappa shape index (κ2) is 7.09. The van der Waals surface area contributed by atoms with E-state index in [2.05, 4.69) is 5.16 Å². The number of aromatic nitrogens is 1. The summed E-state index contributed by atoms with van der Waals surface area (Å²) < 4.78 is 31.2. The van der Waals surface area contributed by atoms with Gasteiger partial charge in [0.2, 0.25) is 10.0 Å². The summed E-state index contributed by atoms with van der Waals surface area (Å²) in [6.45, 7) is 3.41. The van der Waals surface area contributed by atoms with Gasteiger partial charge in [-0.2, -0.15) is 4.31 Å². The molecule has 0 aliphatic carbocycles. The van der Waals surface area contributed by atoms with E-state index >= 15 is 0 Å². The molecule has 1 aromatic heterocycles. The predicted molar refractivity (Wildman–Crippen MR) is 74.7 cm³/mol. The minimum atomic E-state index is -3.71. The lowest BCUT2D eigenvalue weighted by molar-refractivity contribution is 0.390. The van der Waals surface area contributed by atoms with Gasteiger partial charge in [-0.05, 0) is 13.8 Å². The highest BCUT2D eigenvalue weighted by Gasteiger charge is 2.29. The molecule has 0 N–H and O–H groups in total. The molecule has 0 radical (unpaired) electrons. The Morgan fingerprint density at radius 1 is 1.21 bits per heavy atom. The van der Waals surface area contributed by atoms with Crippen molar-refractivity contribution in [3.8, 4) is 0 Å². The van der Waals surface area contributed by atoms with Crippen LogP contribution in [0, 0.1) is 13.8 Å². The van der Waals surface area contributed by atoms with E-state index in [0.717, 1.165) is 0 Å². The summed E-state index contributed by atoms with van der Waals surface area (Å²) in [6, 6.07) is 0. The Hall–Kier alpha value is -0.820. The lowest BCUT2D eigenvalue weighted by atomic mass is 10.4. The molecule has 0 aromatic carbocycles. The molecule has 0 amide bonds. The number of rotatable bonds is 6. The van der Waals surface area contributed by atoms with Gasteiger partial charge in [0.1, 0.15) is 10.6 Å². The van der Waals surface area contributed by atoms with Crippen molar-refractivity contribution in [1.82, 2.24) is 9.46 Å². The Morgan fingerprint density at radius 2 is 1.74 bits per heavy atom. The number of aryl methyl sites for hydroxylation is 2. The van der Waals surface area contributed by atoms with Gasteiger partial charge in [-0.15, -0.1) is 0 Å². The van der Waals surface area contributed by atoms with Gasteiger partial charge in [0.15, 0.2) is 5.76 Å². The van der Waals surface area contributed by atoms with E-state index < -0.39 is 10.0 Å². The highest BCUT2D eigenvalue weighted by molar-refractivity contribution is 7.89. The number of halogens is 2. The molecule has 1 heterocycles. The van der Waals surface area contributed by atoms with Crippen LogP contribution < -0.4 is 0 Å². The van der Waals surface area contributed by atoms with Crippen LogP contribution in [0.15, 0.2) is 32.6 Å². The van der Waals surface area contributed by atoms with E-state index in [1.165, 1.54) is 27.5 Å². The van der Waals surface area contributed by atoms with Gasteiger partial charge >= 0.3 is 0 Å². The third-order valence-corrected chi connectivity index (χ3v) is 4.80. The fourth-order valence-corrected chi connectivity index (χ4v) is 3.35. The highest BCUT2D eigenvalue weighted by Crippen LogP contribution is 2.23. The third kappa shape index (κ3) is 3.82. The van der Waals surface area contributed by atoms with Gasteiger partial charge in [0, 0.05) is 24.2 Å². The molecule has 19 heavy (non-hydrogen) atoms. The van der Waals surface area contributed by atoms with Gasteiger partial charge in [0.05, 0.1) is 0 Å². The van der Waals surface area contributed by atoms with Crippen molar-refractivity contribution in [2.24, 2.45) is 0 Å². The van der Waals surface area contributed by atoms with Crippen LogP contribution in [-0.2, 0) is 10.0 Å². The lowest BCUT2D eigenvalue weighted by Crippen LogP contribution is -2.32. The quantitative estimate of drug-likeness (QED) is 0.807. The molecule has 0 fully saturated rings. The lowest BCUT2D eigenvalue weighted by Gasteiger charge is -2.18. The van der Waals surface area contributed by atoms with Crippen LogP contribution in [-0.4, -0.2) is 31.0 Å². The Morgan fingerprint density at radius 3 is 2.11 bits per heavy atom. The Labute approximate surface area is 122 Å². The van der Waals surface area contributed by atoms with Crippen LogP contribution in [0.2, 0.25) is 0 Å². The zero-order valence-corrected chi connectivity index (χ0v) is 12.8. The summed E-state index contributed by atoms with van der Waals surface area (Å²) in [4.78, 5) is 0.0819. The second-order valence-electron chi connectivity index (χ2n) is 3.70. The summed E-state index contributed by atoms with van der Waals surface area (Å²) in [5, 5.41) is 3.66. The van der Waals surface area contributed by atoms with Crippen molar-refractivity contribution in [2.45, 2.75) is 18.7 Å². The number of hydrogen-bond donors (Lipinski definition) is 0. The molecule has 1 aromatic rings. The fourth-order valence-electron chi connectivity index (χ4n) is 1.56. The van der Waals surface area contributed by atoms with Crippen LogP contribution >= 0.6 is 23.2 Å². The largest absolute Gasteiger partial charge is 0.360 e. The van der Waals surface area contributed by atoms with E-state index in [0.29, 0.717) is 5.69 Å². The molecular weight excluding hydrogens is 311 g/mol. The molecule has 0 saturated heterocycles. The summed E-state index contributed by atoms with van der Waals surface area (Å²) in [5.41, 5.74) is 2.85. The van der Waals surface area contributed by atoms with Crippen LogP contribution in [0.4, 0.5) is 0 Å². The van der Waals surface area contributed by atoms with Crippen molar-refractivity contribution >= 4 is 33.2 Å². The van der Waals surface area contributed by atoms with Gasteiger partial charge in [-0.25, -0.2) is 8.42 Å². The average molecular weight is 325 g/mol. The van der Waals surface area contributed by atoms with Crippen molar-refractivity contribution < 1.29 is 12.9 Å². The zero-order valence-electron chi connectivity index (χ0n) is 10.5. The maximum atomic E-state index is 12.5. The minimum absolute atomic E-state index is 0.0819. The molecule has 0 unspecified atom stereocenters. The molecule has 8 heteroatoms. The monoisotopic (exact) mass is 324 g/mol. The van der Waals surface area contributed by atoms with Crippen LogP contribution in [0.1, 0.15) is 11.5 Å². The summed E-state index contributed by atoms with van der Waals surface area (Å²) in [7, 11) is -3.71.